The van der Waals surface area contributed by atoms with Crippen LogP contribution >= 0.6 is 15.8 Å². The Bertz CT molecular complexity index is 1380. The van der Waals surface area contributed by atoms with Crippen molar-refractivity contribution >= 4 is 47.7 Å². The molecule has 0 unspecified atom stereocenters. The number of nitrogens with zero attached hydrogens (tertiary/aromatic N) is 2. The minimum Gasteiger partial charge on any atom is -0.201 e. The molecule has 8 nitrogen and oxygen atoms in total. The Morgan fingerprint density at radius 1 is 0.298 bits per heavy atom. The molecule has 6 aromatic rings. The van der Waals surface area contributed by atoms with E-state index in [2.05, 4.69) is 182 Å². The van der Waals surface area contributed by atoms with Crippen molar-refractivity contribution in [1.29, 1.82) is 0 Å². The topological polar surface area (TPSA) is 121 Å². The second kappa shape index (κ2) is 22.1. The number of hydrogen-bond donors (Lipinski definition) is 4. The second-order valence-electron chi connectivity index (χ2n) is 9.45. The SMILES string of the molecule is O=[N+](O)O.O=[N+](O)O.[Hg].c1ccc([PH+](c2ccccc2)c2ccccc2)cc1.c1ccc([PH+](c2ccccc2)c2ccccc2)cc1. The quantitative estimate of drug-likeness (QED) is 0.101. The molecule has 234 valence electrons. The molecule has 6 aromatic carbocycles. The largest absolute Gasteiger partial charge is 0.472 e. The van der Waals surface area contributed by atoms with Gasteiger partial charge in [-0.1, -0.05) is 109 Å². The molecular weight excluding hydrogens is 819 g/mol. The van der Waals surface area contributed by atoms with Crippen LogP contribution in [0.25, 0.3) is 0 Å². The Labute approximate surface area is 296 Å². The monoisotopic (exact) mass is 856 g/mol. The molecule has 0 radical (unpaired) electrons. The van der Waals surface area contributed by atoms with Crippen LogP contribution in [0.5, 0.6) is 0 Å². The van der Waals surface area contributed by atoms with Gasteiger partial charge in [-0.3, -0.25) is 0 Å². The van der Waals surface area contributed by atoms with Gasteiger partial charge in [0.15, 0.2) is 0 Å². The summed E-state index contributed by atoms with van der Waals surface area (Å²) in [5.41, 5.74) is 0. The normalized spacial score (nSPS) is 9.57. The van der Waals surface area contributed by atoms with Gasteiger partial charge >= 0.3 is 10.2 Å². The molecule has 0 aliphatic rings. The summed E-state index contributed by atoms with van der Waals surface area (Å²) in [6.07, 6.45) is 0. The molecule has 0 bridgehead atoms. The first-order chi connectivity index (χ1) is 22.4. The minimum absolute atomic E-state index is 0. The van der Waals surface area contributed by atoms with Gasteiger partial charge in [-0.05, 0) is 72.8 Å². The number of benzene rings is 6. The van der Waals surface area contributed by atoms with Gasteiger partial charge in [-0.15, -0.1) is 0 Å². The van der Waals surface area contributed by atoms with E-state index in [1.807, 2.05) is 0 Å². The fraction of sp³-hybridized carbons (Fsp3) is 0. The zero-order chi connectivity index (χ0) is 33.0. The summed E-state index contributed by atoms with van der Waals surface area (Å²) in [6.45, 7) is 0. The zero-order valence-electron chi connectivity index (χ0n) is 25.5. The van der Waals surface area contributed by atoms with Gasteiger partial charge < -0.3 is 0 Å². The van der Waals surface area contributed by atoms with Crippen LogP contribution < -0.4 is 31.8 Å². The molecule has 47 heavy (non-hydrogen) atoms. The van der Waals surface area contributed by atoms with E-state index in [4.69, 9.17) is 30.6 Å². The van der Waals surface area contributed by atoms with Gasteiger partial charge in [0, 0.05) is 27.7 Å². The number of rotatable bonds is 6. The van der Waals surface area contributed by atoms with Crippen LogP contribution in [0.15, 0.2) is 182 Å². The second-order valence-corrected chi connectivity index (χ2v) is 14.4. The van der Waals surface area contributed by atoms with Gasteiger partial charge in [-0.2, -0.15) is 0 Å². The Kier molecular flexibility index (Phi) is 18.2. The van der Waals surface area contributed by atoms with Crippen molar-refractivity contribution in [3.05, 3.63) is 192 Å². The Hall–Kier alpha value is -4.48. The van der Waals surface area contributed by atoms with Gasteiger partial charge in [0.2, 0.25) is 0 Å². The molecule has 0 heterocycles. The first-order valence-electron chi connectivity index (χ1n) is 14.1. The van der Waals surface area contributed by atoms with Crippen molar-refractivity contribution < 1.29 is 58.7 Å². The molecule has 11 heteroatoms. The zero-order valence-corrected chi connectivity index (χ0v) is 33.0. The number of hydrogen-bond acceptors (Lipinski definition) is 2. The minimum atomic E-state index is -1.25. The average molecular weight is 855 g/mol. The van der Waals surface area contributed by atoms with Crippen molar-refractivity contribution in [1.82, 2.24) is 0 Å². The van der Waals surface area contributed by atoms with Crippen LogP contribution in [0.3, 0.4) is 0 Å². The third-order valence-electron chi connectivity index (χ3n) is 6.37. The van der Waals surface area contributed by atoms with E-state index in [-0.39, 0.29) is 27.7 Å². The van der Waals surface area contributed by atoms with Crippen LogP contribution in [-0.2, 0) is 27.7 Å². The van der Waals surface area contributed by atoms with E-state index in [1.54, 1.807) is 0 Å². The van der Waals surface area contributed by atoms with Gasteiger partial charge in [0.25, 0.3) is 0 Å². The summed E-state index contributed by atoms with van der Waals surface area (Å²) in [4.78, 5) is 16.9. The molecule has 0 fully saturated rings. The first-order valence-corrected chi connectivity index (χ1v) is 17.1. The van der Waals surface area contributed by atoms with Crippen molar-refractivity contribution in [2.45, 2.75) is 0 Å². The summed E-state index contributed by atoms with van der Waals surface area (Å²) in [7, 11) is -1.75. The van der Waals surface area contributed by atoms with E-state index in [9.17, 15) is 0 Å². The molecule has 0 aliphatic carbocycles. The molecule has 4 N–H and O–H groups in total. The molecule has 0 atom stereocenters. The van der Waals surface area contributed by atoms with Crippen LogP contribution in [0.4, 0.5) is 0 Å². The first kappa shape index (κ1) is 38.7. The maximum atomic E-state index is 8.47. The Balaban J connectivity index is 0.000000262. The molecule has 0 aliphatic heterocycles. The Morgan fingerprint density at radius 2 is 0.404 bits per heavy atom. The summed E-state index contributed by atoms with van der Waals surface area (Å²) < 4.78 is 0. The summed E-state index contributed by atoms with van der Waals surface area (Å²) in [6, 6.07) is 65.0. The molecule has 0 saturated heterocycles. The molecule has 0 saturated carbocycles. The maximum absolute atomic E-state index is 8.47. The summed E-state index contributed by atoms with van der Waals surface area (Å²) in [5.74, 6) is 0. The standard InChI is InChI=1S/2C18H15P.Hg.2H2NO3/c2*1-4-10-16(11-5-1)19(17-12-6-2-7-13-17)18-14-8-3-9-15-18;;2*2-1(3)4/h2*1-15H;;2*(H2,2,3,4)/q;;;2*+1/p+2. The third kappa shape index (κ3) is 14.2. The molecular formula is C36H36HgN2O6P2+4. The Morgan fingerprint density at radius 3 is 0.511 bits per heavy atom. The van der Waals surface area contributed by atoms with Gasteiger partial charge in [-0.25, -0.2) is 20.8 Å². The summed E-state index contributed by atoms with van der Waals surface area (Å²) >= 11 is 0. The van der Waals surface area contributed by atoms with E-state index < -0.39 is 26.0 Å². The predicted octanol–water partition coefficient (Wildman–Crippen LogP) is 5.44. The molecule has 6 rings (SSSR count). The van der Waals surface area contributed by atoms with Crippen molar-refractivity contribution in [3.63, 3.8) is 0 Å². The van der Waals surface area contributed by atoms with E-state index >= 15 is 0 Å². The van der Waals surface area contributed by atoms with Gasteiger partial charge in [0.1, 0.15) is 41.6 Å². The van der Waals surface area contributed by atoms with Crippen LogP contribution in [-0.4, -0.2) is 31.0 Å². The molecule has 0 spiro atoms. The average Bonchev–Trinajstić information content (AvgIpc) is 3.08. The van der Waals surface area contributed by atoms with Crippen LogP contribution in [0.2, 0.25) is 0 Å². The predicted molar refractivity (Wildman–Crippen MR) is 187 cm³/mol. The summed E-state index contributed by atoms with van der Waals surface area (Å²) in [5, 5.41) is 33.7. The maximum Gasteiger partial charge on any atom is 0.472 e. The fourth-order valence-corrected chi connectivity index (χ4v) is 9.78. The van der Waals surface area contributed by atoms with Crippen molar-refractivity contribution in [2.24, 2.45) is 0 Å². The van der Waals surface area contributed by atoms with E-state index in [0.29, 0.717) is 0 Å². The molecule has 0 amide bonds. The molecule has 0 aromatic heterocycles. The fourth-order valence-electron chi connectivity index (χ4n) is 4.63. The van der Waals surface area contributed by atoms with Crippen LogP contribution in [0.1, 0.15) is 0 Å². The smallest absolute Gasteiger partial charge is 0.201 e. The van der Waals surface area contributed by atoms with E-state index in [0.717, 1.165) is 0 Å². The van der Waals surface area contributed by atoms with Crippen molar-refractivity contribution in [2.75, 3.05) is 0 Å². The van der Waals surface area contributed by atoms with Crippen molar-refractivity contribution in [3.8, 4) is 0 Å². The third-order valence-corrected chi connectivity index (χ3v) is 11.8. The van der Waals surface area contributed by atoms with Gasteiger partial charge in [0.05, 0.1) is 15.8 Å². The van der Waals surface area contributed by atoms with Crippen LogP contribution in [0, 0.1) is 9.81 Å². The van der Waals surface area contributed by atoms with E-state index in [1.165, 1.54) is 31.8 Å².